The summed E-state index contributed by atoms with van der Waals surface area (Å²) >= 11 is 0. The van der Waals surface area contributed by atoms with E-state index in [1.165, 1.54) is 6.07 Å². The van der Waals surface area contributed by atoms with Crippen LogP contribution in [-0.2, 0) is 11.8 Å². The Kier molecular flexibility index (Phi) is 4.03. The summed E-state index contributed by atoms with van der Waals surface area (Å²) in [5.74, 6) is -0.565. The molecular formula is C16H17NO3. The van der Waals surface area contributed by atoms with Crippen LogP contribution < -0.4 is 5.43 Å². The van der Waals surface area contributed by atoms with E-state index in [2.05, 4.69) is 0 Å². The number of benzene rings is 1. The van der Waals surface area contributed by atoms with Crippen molar-refractivity contribution < 1.29 is 9.53 Å². The molecule has 0 atom stereocenters. The Balaban J connectivity index is 2.61. The van der Waals surface area contributed by atoms with E-state index in [0.717, 1.165) is 11.3 Å². The number of pyridine rings is 1. The van der Waals surface area contributed by atoms with E-state index in [4.69, 9.17) is 4.74 Å². The molecule has 1 aromatic carbocycles. The highest BCUT2D eigenvalue weighted by Gasteiger charge is 2.18. The van der Waals surface area contributed by atoms with Gasteiger partial charge in [0, 0.05) is 18.8 Å². The number of hydrogen-bond donors (Lipinski definition) is 0. The lowest BCUT2D eigenvalue weighted by molar-refractivity contribution is 0.0523. The molecule has 0 saturated heterocycles. The second-order valence-electron chi connectivity index (χ2n) is 4.50. The van der Waals surface area contributed by atoms with Gasteiger partial charge in [-0.1, -0.05) is 30.3 Å². The molecule has 4 heteroatoms. The van der Waals surface area contributed by atoms with Crippen molar-refractivity contribution in [1.29, 1.82) is 0 Å². The molecule has 4 nitrogen and oxygen atoms in total. The topological polar surface area (TPSA) is 48.3 Å². The number of carbonyl (C=O) groups excluding carboxylic acids is 1. The average molecular weight is 271 g/mol. The minimum Gasteiger partial charge on any atom is -0.462 e. The molecule has 0 saturated carbocycles. The molecule has 0 aliphatic heterocycles. The molecule has 20 heavy (non-hydrogen) atoms. The summed E-state index contributed by atoms with van der Waals surface area (Å²) in [7, 11) is 1.83. The van der Waals surface area contributed by atoms with Crippen LogP contribution in [-0.4, -0.2) is 17.1 Å². The van der Waals surface area contributed by atoms with Crippen LogP contribution in [0.2, 0.25) is 0 Å². The molecular weight excluding hydrogens is 254 g/mol. The first-order chi connectivity index (χ1) is 9.56. The molecule has 0 spiro atoms. The summed E-state index contributed by atoms with van der Waals surface area (Å²) in [4.78, 5) is 24.0. The van der Waals surface area contributed by atoms with E-state index in [1.54, 1.807) is 13.8 Å². The van der Waals surface area contributed by atoms with Crippen molar-refractivity contribution in [3.63, 3.8) is 0 Å². The zero-order chi connectivity index (χ0) is 14.7. The molecule has 0 aliphatic carbocycles. The van der Waals surface area contributed by atoms with Crippen LogP contribution in [0.1, 0.15) is 23.0 Å². The maximum atomic E-state index is 12.2. The quantitative estimate of drug-likeness (QED) is 0.806. The van der Waals surface area contributed by atoms with Gasteiger partial charge in [0.15, 0.2) is 5.43 Å². The first kappa shape index (κ1) is 14.1. The van der Waals surface area contributed by atoms with Gasteiger partial charge in [0.2, 0.25) is 0 Å². The summed E-state index contributed by atoms with van der Waals surface area (Å²) in [6.07, 6.45) is 0. The predicted octanol–water partition coefficient (Wildman–Crippen LogP) is 2.54. The molecule has 104 valence electrons. The summed E-state index contributed by atoms with van der Waals surface area (Å²) in [5.41, 5.74) is 2.12. The Morgan fingerprint density at radius 2 is 1.90 bits per heavy atom. The lowest BCUT2D eigenvalue weighted by Gasteiger charge is -2.15. The maximum absolute atomic E-state index is 12.2. The van der Waals surface area contributed by atoms with Gasteiger partial charge in [0.1, 0.15) is 5.56 Å². The van der Waals surface area contributed by atoms with Crippen molar-refractivity contribution in [2.45, 2.75) is 13.8 Å². The van der Waals surface area contributed by atoms with E-state index >= 15 is 0 Å². The number of aromatic nitrogens is 1. The molecule has 0 N–H and O–H groups in total. The lowest BCUT2D eigenvalue weighted by Crippen LogP contribution is -2.23. The number of nitrogens with zero attached hydrogens (tertiary/aromatic N) is 1. The van der Waals surface area contributed by atoms with Crippen molar-refractivity contribution in [2.24, 2.45) is 7.05 Å². The fraction of sp³-hybridized carbons (Fsp3) is 0.250. The third kappa shape index (κ3) is 2.50. The molecule has 0 bridgehead atoms. The van der Waals surface area contributed by atoms with Crippen molar-refractivity contribution in [3.05, 3.63) is 57.9 Å². The highest BCUT2D eigenvalue weighted by atomic mass is 16.5. The second kappa shape index (κ2) is 5.74. The van der Waals surface area contributed by atoms with Crippen LogP contribution in [0, 0.1) is 6.92 Å². The molecule has 0 aliphatic rings. The van der Waals surface area contributed by atoms with Gasteiger partial charge >= 0.3 is 5.97 Å². The largest absolute Gasteiger partial charge is 0.462 e. The second-order valence-corrected chi connectivity index (χ2v) is 4.50. The third-order valence-electron chi connectivity index (χ3n) is 3.29. The summed E-state index contributed by atoms with van der Waals surface area (Å²) < 4.78 is 6.77. The van der Waals surface area contributed by atoms with Gasteiger partial charge in [-0.05, 0) is 19.4 Å². The standard InChI is InChI=1S/C16H17NO3/c1-4-20-16(19)15-11(2)17(3)13(10-14(15)18)12-8-6-5-7-9-12/h5-10H,4H2,1-3H3. The number of carbonyl (C=O) groups is 1. The lowest BCUT2D eigenvalue weighted by atomic mass is 10.1. The number of esters is 1. The van der Waals surface area contributed by atoms with Gasteiger partial charge in [0.05, 0.1) is 12.3 Å². The Bertz CT molecular complexity index is 687. The van der Waals surface area contributed by atoms with E-state index in [9.17, 15) is 9.59 Å². The van der Waals surface area contributed by atoms with Gasteiger partial charge in [-0.25, -0.2) is 4.79 Å². The van der Waals surface area contributed by atoms with E-state index in [-0.39, 0.29) is 17.6 Å². The molecule has 0 fully saturated rings. The van der Waals surface area contributed by atoms with Gasteiger partial charge in [-0.15, -0.1) is 0 Å². The van der Waals surface area contributed by atoms with Gasteiger partial charge in [-0.2, -0.15) is 0 Å². The number of hydrogen-bond acceptors (Lipinski definition) is 3. The van der Waals surface area contributed by atoms with Gasteiger partial charge in [-0.3, -0.25) is 4.79 Å². The molecule has 0 amide bonds. The fourth-order valence-electron chi connectivity index (χ4n) is 2.16. The zero-order valence-corrected chi connectivity index (χ0v) is 11.8. The van der Waals surface area contributed by atoms with E-state index in [0.29, 0.717) is 5.69 Å². The predicted molar refractivity (Wildman–Crippen MR) is 77.8 cm³/mol. The minimum absolute atomic E-state index is 0.106. The van der Waals surface area contributed by atoms with Crippen LogP contribution in [0.25, 0.3) is 11.3 Å². The van der Waals surface area contributed by atoms with Crippen LogP contribution in [0.5, 0.6) is 0 Å². The maximum Gasteiger partial charge on any atom is 0.343 e. The highest BCUT2D eigenvalue weighted by Crippen LogP contribution is 2.19. The Morgan fingerprint density at radius 1 is 1.25 bits per heavy atom. The SMILES string of the molecule is CCOC(=O)c1c(C)n(C)c(-c2ccccc2)cc1=O. The molecule has 2 aromatic rings. The third-order valence-corrected chi connectivity index (χ3v) is 3.29. The molecule has 2 rings (SSSR count). The van der Waals surface area contributed by atoms with E-state index in [1.807, 2.05) is 41.9 Å². The Hall–Kier alpha value is -2.36. The van der Waals surface area contributed by atoms with Crippen molar-refractivity contribution in [3.8, 4) is 11.3 Å². The van der Waals surface area contributed by atoms with Crippen LogP contribution in [0.4, 0.5) is 0 Å². The van der Waals surface area contributed by atoms with Crippen molar-refractivity contribution in [2.75, 3.05) is 6.61 Å². The monoisotopic (exact) mass is 271 g/mol. The van der Waals surface area contributed by atoms with Crippen molar-refractivity contribution >= 4 is 5.97 Å². The molecule has 0 unspecified atom stereocenters. The highest BCUT2D eigenvalue weighted by molar-refractivity contribution is 5.91. The summed E-state index contributed by atoms with van der Waals surface area (Å²) in [5, 5.41) is 0. The molecule has 1 heterocycles. The number of ether oxygens (including phenoxy) is 1. The Morgan fingerprint density at radius 3 is 2.50 bits per heavy atom. The first-order valence-corrected chi connectivity index (χ1v) is 6.49. The fourth-order valence-corrected chi connectivity index (χ4v) is 2.16. The van der Waals surface area contributed by atoms with Crippen LogP contribution in [0.3, 0.4) is 0 Å². The molecule has 0 radical (unpaired) electrons. The van der Waals surface area contributed by atoms with Crippen LogP contribution >= 0.6 is 0 Å². The normalized spacial score (nSPS) is 10.3. The first-order valence-electron chi connectivity index (χ1n) is 6.49. The summed E-state index contributed by atoms with van der Waals surface area (Å²) in [6, 6.07) is 11.1. The zero-order valence-electron chi connectivity index (χ0n) is 11.8. The van der Waals surface area contributed by atoms with Gasteiger partial charge < -0.3 is 9.30 Å². The van der Waals surface area contributed by atoms with E-state index < -0.39 is 5.97 Å². The smallest absolute Gasteiger partial charge is 0.343 e. The average Bonchev–Trinajstić information content (AvgIpc) is 2.44. The number of rotatable bonds is 3. The van der Waals surface area contributed by atoms with Gasteiger partial charge in [0.25, 0.3) is 0 Å². The van der Waals surface area contributed by atoms with Crippen LogP contribution in [0.15, 0.2) is 41.2 Å². The Labute approximate surface area is 117 Å². The summed E-state index contributed by atoms with van der Waals surface area (Å²) in [6.45, 7) is 3.72. The van der Waals surface area contributed by atoms with Crippen molar-refractivity contribution in [1.82, 2.24) is 4.57 Å². The molecule has 1 aromatic heterocycles. The minimum atomic E-state index is -0.565.